The molecule has 2 rings (SSSR count). The van der Waals surface area contributed by atoms with Crippen LogP contribution in [-0.2, 0) is 11.0 Å². The first kappa shape index (κ1) is 16.1. The van der Waals surface area contributed by atoms with Crippen molar-refractivity contribution in [2.45, 2.75) is 44.8 Å². The van der Waals surface area contributed by atoms with Gasteiger partial charge in [-0.2, -0.15) is 0 Å². The summed E-state index contributed by atoms with van der Waals surface area (Å²) < 4.78 is 62.5. The predicted molar refractivity (Wildman–Crippen MR) is 72.0 cm³/mol. The van der Waals surface area contributed by atoms with Gasteiger partial charge in [0.1, 0.15) is 5.82 Å². The second-order valence-electron chi connectivity index (χ2n) is 5.71. The molecule has 0 amide bonds. The average Bonchev–Trinajstić information content (AvgIpc) is 2.59. The summed E-state index contributed by atoms with van der Waals surface area (Å²) in [5, 5.41) is 0. The number of rotatable bonds is 3. The van der Waals surface area contributed by atoms with Crippen LogP contribution in [0, 0.1) is 5.82 Å². The highest BCUT2D eigenvalue weighted by atomic mass is 32.2. The van der Waals surface area contributed by atoms with Gasteiger partial charge in [0.05, 0.1) is 15.7 Å². The van der Waals surface area contributed by atoms with E-state index in [0.717, 1.165) is 12.1 Å². The van der Waals surface area contributed by atoms with Crippen LogP contribution in [0.15, 0.2) is 12.1 Å². The normalized spacial score (nSPS) is 19.4. The Kier molecular flexibility index (Phi) is 3.96. The van der Waals surface area contributed by atoms with E-state index in [9.17, 15) is 17.4 Å². The van der Waals surface area contributed by atoms with Crippen LogP contribution in [0.25, 0.3) is 0 Å². The van der Waals surface area contributed by atoms with Gasteiger partial charge in [-0.1, -0.05) is 0 Å². The molecule has 1 aliphatic rings. The zero-order valence-corrected chi connectivity index (χ0v) is 12.8. The van der Waals surface area contributed by atoms with Crippen LogP contribution >= 0.6 is 0 Å². The van der Waals surface area contributed by atoms with E-state index in [1.807, 2.05) is 0 Å². The van der Waals surface area contributed by atoms with Crippen molar-refractivity contribution >= 4 is 11.0 Å². The number of benzene rings is 1. The van der Waals surface area contributed by atoms with Crippen LogP contribution in [0.4, 0.5) is 13.2 Å². The van der Waals surface area contributed by atoms with Crippen molar-refractivity contribution in [1.29, 1.82) is 0 Å². The van der Waals surface area contributed by atoms with E-state index >= 15 is 0 Å². The number of alkyl halides is 2. The molecule has 1 aromatic rings. The van der Waals surface area contributed by atoms with E-state index in [2.05, 4.69) is 14.2 Å². The Bertz CT molecular complexity index is 587. The number of halogens is 3. The van der Waals surface area contributed by atoms with Crippen molar-refractivity contribution in [2.24, 2.45) is 0 Å². The Morgan fingerprint density at radius 1 is 1.24 bits per heavy atom. The first-order valence-corrected chi connectivity index (χ1v) is 7.42. The summed E-state index contributed by atoms with van der Waals surface area (Å²) in [6, 6.07) is 1.32. The number of ether oxygens (including phenoxy) is 2. The summed E-state index contributed by atoms with van der Waals surface area (Å²) in [5.74, 6) is -1.34. The lowest BCUT2D eigenvalue weighted by atomic mass is 10.1. The van der Waals surface area contributed by atoms with Gasteiger partial charge in [-0.15, -0.1) is 8.78 Å². The molecule has 4 nitrogen and oxygen atoms in total. The maximum Gasteiger partial charge on any atom is 0.586 e. The Morgan fingerprint density at radius 2 is 1.76 bits per heavy atom. The minimum absolute atomic E-state index is 0.0765. The van der Waals surface area contributed by atoms with Gasteiger partial charge in [0.25, 0.3) is 0 Å². The predicted octanol–water partition coefficient (Wildman–Crippen LogP) is 3.26. The van der Waals surface area contributed by atoms with Gasteiger partial charge in [0, 0.05) is 17.7 Å². The molecule has 118 valence electrons. The highest BCUT2D eigenvalue weighted by Crippen LogP contribution is 2.43. The summed E-state index contributed by atoms with van der Waals surface area (Å²) in [6.45, 7) is 6.88. The fourth-order valence-corrected chi connectivity index (χ4v) is 2.52. The van der Waals surface area contributed by atoms with Crippen molar-refractivity contribution in [2.75, 3.05) is 0 Å². The Labute approximate surface area is 123 Å². The molecular weight excluding hydrogens is 307 g/mol. The van der Waals surface area contributed by atoms with Gasteiger partial charge in [0.15, 0.2) is 11.5 Å². The molecule has 1 aromatic carbocycles. The van der Waals surface area contributed by atoms with Crippen molar-refractivity contribution in [3.63, 3.8) is 0 Å². The maximum absolute atomic E-state index is 14.0. The lowest BCUT2D eigenvalue weighted by Gasteiger charge is -2.22. The molecule has 2 atom stereocenters. The minimum Gasteiger partial charge on any atom is -0.395 e. The molecule has 0 radical (unpaired) electrons. The molecular formula is C13H16F3NO3S. The van der Waals surface area contributed by atoms with Gasteiger partial charge in [-0.25, -0.2) is 13.3 Å². The zero-order valence-electron chi connectivity index (χ0n) is 12.0. The molecule has 8 heteroatoms. The molecule has 0 aliphatic carbocycles. The number of hydrogen-bond donors (Lipinski definition) is 1. The molecule has 0 saturated carbocycles. The minimum atomic E-state index is -3.79. The second kappa shape index (κ2) is 5.17. The van der Waals surface area contributed by atoms with E-state index in [4.69, 9.17) is 0 Å². The molecule has 1 heterocycles. The molecule has 0 saturated heterocycles. The molecule has 0 spiro atoms. The van der Waals surface area contributed by atoms with Crippen molar-refractivity contribution in [3.05, 3.63) is 23.5 Å². The molecule has 1 N–H and O–H groups in total. The first-order chi connectivity index (χ1) is 9.49. The molecule has 21 heavy (non-hydrogen) atoms. The highest BCUT2D eigenvalue weighted by Gasteiger charge is 2.44. The Balaban J connectivity index is 2.24. The van der Waals surface area contributed by atoms with E-state index in [-0.39, 0.29) is 17.1 Å². The molecule has 0 aromatic heterocycles. The van der Waals surface area contributed by atoms with Crippen LogP contribution in [0.1, 0.15) is 39.3 Å². The largest absolute Gasteiger partial charge is 0.586 e. The lowest BCUT2D eigenvalue weighted by molar-refractivity contribution is -0.286. The first-order valence-electron chi connectivity index (χ1n) is 6.27. The average molecular weight is 323 g/mol. The van der Waals surface area contributed by atoms with Crippen molar-refractivity contribution < 1.29 is 26.9 Å². The summed E-state index contributed by atoms with van der Waals surface area (Å²) in [4.78, 5) is 0. The SMILES string of the molecule is C[C@H](N[S@@](=O)C(C)(C)C)c1cc2c(cc1F)OC(F)(F)O2. The van der Waals surface area contributed by atoms with E-state index in [0.29, 0.717) is 0 Å². The molecule has 0 fully saturated rings. The fraction of sp³-hybridized carbons (Fsp3) is 0.538. The van der Waals surface area contributed by atoms with Gasteiger partial charge >= 0.3 is 6.29 Å². The fourth-order valence-electron chi connectivity index (χ4n) is 1.72. The van der Waals surface area contributed by atoms with Crippen LogP contribution in [0.5, 0.6) is 11.5 Å². The van der Waals surface area contributed by atoms with Crippen LogP contribution < -0.4 is 14.2 Å². The second-order valence-corrected chi connectivity index (χ2v) is 7.71. The van der Waals surface area contributed by atoms with Gasteiger partial charge in [0.2, 0.25) is 0 Å². The molecule has 0 bridgehead atoms. The third kappa shape index (κ3) is 3.49. The lowest BCUT2D eigenvalue weighted by Crippen LogP contribution is -2.35. The van der Waals surface area contributed by atoms with Crippen LogP contribution in [0.3, 0.4) is 0 Å². The summed E-state index contributed by atoms with van der Waals surface area (Å²) in [7, 11) is -1.43. The Morgan fingerprint density at radius 3 is 2.29 bits per heavy atom. The van der Waals surface area contributed by atoms with Crippen molar-refractivity contribution in [3.8, 4) is 11.5 Å². The van der Waals surface area contributed by atoms with Gasteiger partial charge < -0.3 is 9.47 Å². The number of fused-ring (bicyclic) bond motifs is 1. The number of hydrogen-bond acceptors (Lipinski definition) is 3. The molecule has 1 aliphatic heterocycles. The smallest absolute Gasteiger partial charge is 0.395 e. The molecule has 0 unspecified atom stereocenters. The van der Waals surface area contributed by atoms with Crippen molar-refractivity contribution in [1.82, 2.24) is 4.72 Å². The topological polar surface area (TPSA) is 47.6 Å². The number of nitrogens with one attached hydrogen (secondary N) is 1. The third-order valence-electron chi connectivity index (χ3n) is 2.83. The van der Waals surface area contributed by atoms with E-state index < -0.39 is 33.9 Å². The van der Waals surface area contributed by atoms with Gasteiger partial charge in [-0.05, 0) is 33.8 Å². The maximum atomic E-state index is 14.0. The van der Waals surface area contributed by atoms with E-state index in [1.165, 1.54) is 0 Å². The van der Waals surface area contributed by atoms with E-state index in [1.54, 1.807) is 27.7 Å². The highest BCUT2D eigenvalue weighted by molar-refractivity contribution is 7.84. The Hall–Kier alpha value is -1.28. The third-order valence-corrected chi connectivity index (χ3v) is 4.51. The quantitative estimate of drug-likeness (QED) is 0.929. The van der Waals surface area contributed by atoms with Gasteiger partial charge in [-0.3, -0.25) is 0 Å². The summed E-state index contributed by atoms with van der Waals surface area (Å²) in [6.07, 6.45) is -3.79. The summed E-state index contributed by atoms with van der Waals surface area (Å²) in [5.41, 5.74) is 0.0765. The zero-order chi connectivity index (χ0) is 16.0. The monoisotopic (exact) mass is 323 g/mol. The standard InChI is InChI=1S/C13H16F3NO3S/c1-7(17-21(18)12(2,3)4)8-5-10-11(6-9(8)14)20-13(15,16)19-10/h5-7,17H,1-4H3/t7-,21-/m0/s1. The summed E-state index contributed by atoms with van der Waals surface area (Å²) >= 11 is 0. The van der Waals surface area contributed by atoms with Crippen LogP contribution in [-0.4, -0.2) is 15.3 Å². The van der Waals surface area contributed by atoms with Crippen LogP contribution in [0.2, 0.25) is 0 Å².